The van der Waals surface area contributed by atoms with Gasteiger partial charge in [0.25, 0.3) is 0 Å². The Kier molecular flexibility index (Phi) is 3.19. The predicted molar refractivity (Wildman–Crippen MR) is 75.9 cm³/mol. The summed E-state index contributed by atoms with van der Waals surface area (Å²) in [6, 6.07) is 8.95. The first kappa shape index (κ1) is 12.8. The summed E-state index contributed by atoms with van der Waals surface area (Å²) in [5.74, 6) is 0.357. The van der Waals surface area contributed by atoms with Gasteiger partial charge in [-0.1, -0.05) is 32.0 Å². The molecule has 1 fully saturated rings. The van der Waals surface area contributed by atoms with E-state index in [-0.39, 0.29) is 0 Å². The fourth-order valence-electron chi connectivity index (χ4n) is 4.12. The summed E-state index contributed by atoms with van der Waals surface area (Å²) in [6.07, 6.45) is 2.12. The smallest absolute Gasteiger partial charge is 0.305 e. The van der Waals surface area contributed by atoms with E-state index in [1.807, 2.05) is 12.1 Å². The maximum Gasteiger partial charge on any atom is 0.347 e. The van der Waals surface area contributed by atoms with Gasteiger partial charge in [-0.3, -0.25) is 0 Å². The summed E-state index contributed by atoms with van der Waals surface area (Å²) < 4.78 is 0.666. The lowest BCUT2D eigenvalue weighted by Crippen LogP contribution is -2.66. The highest BCUT2D eigenvalue weighted by Crippen LogP contribution is 2.44. The first-order valence-electron chi connectivity index (χ1n) is 7.47. The molecule has 0 spiro atoms. The molecule has 1 aromatic rings. The molecule has 3 rings (SSSR count). The van der Waals surface area contributed by atoms with Crippen molar-refractivity contribution in [2.75, 3.05) is 19.6 Å². The van der Waals surface area contributed by atoms with Gasteiger partial charge in [0.1, 0.15) is 12.1 Å². The topological polar surface area (TPSA) is 29.1 Å². The lowest BCUT2D eigenvalue weighted by molar-refractivity contribution is -0.903. The molecule has 0 bridgehead atoms. The van der Waals surface area contributed by atoms with Crippen molar-refractivity contribution in [3.05, 3.63) is 35.4 Å². The Labute approximate surface area is 115 Å². The molecule has 0 aliphatic carbocycles. The number of amides is 1. The number of benzene rings is 1. The third kappa shape index (κ3) is 1.61. The van der Waals surface area contributed by atoms with Crippen LogP contribution in [0.2, 0.25) is 0 Å². The van der Waals surface area contributed by atoms with Crippen LogP contribution in [0.3, 0.4) is 0 Å². The van der Waals surface area contributed by atoms with E-state index in [2.05, 4.69) is 31.3 Å². The predicted octanol–water partition coefficient (Wildman–Crippen LogP) is 2.49. The van der Waals surface area contributed by atoms with Crippen molar-refractivity contribution in [1.29, 1.82) is 0 Å². The Balaban J connectivity index is 2.14. The minimum absolute atomic E-state index is 0.322. The summed E-state index contributed by atoms with van der Waals surface area (Å²) in [4.78, 5) is 13.1. The van der Waals surface area contributed by atoms with E-state index in [1.165, 1.54) is 5.56 Å². The van der Waals surface area contributed by atoms with Gasteiger partial charge in [0, 0.05) is 12.1 Å². The van der Waals surface area contributed by atoms with Crippen molar-refractivity contribution in [1.82, 2.24) is 5.32 Å². The molecule has 3 nitrogen and oxygen atoms in total. The minimum Gasteiger partial charge on any atom is -0.305 e. The molecule has 0 radical (unpaired) electrons. The van der Waals surface area contributed by atoms with Gasteiger partial charge in [-0.25, -0.2) is 9.28 Å². The first-order valence-corrected chi connectivity index (χ1v) is 7.47. The molecule has 3 atom stereocenters. The number of carbonyl (C=O) groups is 1. The third-order valence-electron chi connectivity index (χ3n) is 4.92. The Morgan fingerprint density at radius 1 is 1.26 bits per heavy atom. The lowest BCUT2D eigenvalue weighted by atomic mass is 9.98. The van der Waals surface area contributed by atoms with Crippen LogP contribution in [0.5, 0.6) is 0 Å². The van der Waals surface area contributed by atoms with E-state index in [1.54, 1.807) is 0 Å². The van der Waals surface area contributed by atoms with E-state index in [0.717, 1.165) is 38.0 Å². The summed E-state index contributed by atoms with van der Waals surface area (Å²) in [5, 5.41) is 3.53. The second-order valence-corrected chi connectivity index (χ2v) is 5.78. The number of fused-ring (bicyclic) bond motifs is 3. The number of quaternary nitrogens is 1. The van der Waals surface area contributed by atoms with Crippen molar-refractivity contribution < 1.29 is 9.28 Å². The highest BCUT2D eigenvalue weighted by atomic mass is 16.2. The van der Waals surface area contributed by atoms with Crippen LogP contribution in [-0.2, 0) is 0 Å². The number of nitrogens with one attached hydrogen (secondary N) is 1. The van der Waals surface area contributed by atoms with Crippen molar-refractivity contribution in [3.8, 4) is 0 Å². The van der Waals surface area contributed by atoms with Gasteiger partial charge in [-0.05, 0) is 18.9 Å². The van der Waals surface area contributed by atoms with Crippen molar-refractivity contribution in [3.63, 3.8) is 0 Å². The zero-order valence-corrected chi connectivity index (χ0v) is 11.9. The zero-order valence-electron chi connectivity index (χ0n) is 11.9. The van der Waals surface area contributed by atoms with Gasteiger partial charge in [0.15, 0.2) is 0 Å². The number of carbonyl (C=O) groups excluding carboxylic acids is 1. The number of piperazine rings is 1. The third-order valence-corrected chi connectivity index (χ3v) is 4.92. The Bertz CT molecular complexity index is 499. The van der Waals surface area contributed by atoms with Gasteiger partial charge in [0.2, 0.25) is 0 Å². The molecule has 0 aromatic heterocycles. The monoisotopic (exact) mass is 259 g/mol. The van der Waals surface area contributed by atoms with E-state index in [9.17, 15) is 4.79 Å². The van der Waals surface area contributed by atoms with Gasteiger partial charge in [-0.15, -0.1) is 0 Å². The maximum atomic E-state index is 13.1. The molecule has 3 heteroatoms. The second kappa shape index (κ2) is 4.73. The number of nitrogens with zero attached hydrogens (tertiary/aromatic N) is 1. The molecule has 1 amide bonds. The molecule has 3 unspecified atom stereocenters. The quantitative estimate of drug-likeness (QED) is 0.845. The normalized spacial score (nSPS) is 33.1. The second-order valence-electron chi connectivity index (χ2n) is 5.78. The van der Waals surface area contributed by atoms with Crippen LogP contribution < -0.4 is 5.32 Å². The lowest BCUT2D eigenvalue weighted by Gasteiger charge is -2.47. The molecule has 1 aromatic carbocycles. The van der Waals surface area contributed by atoms with Gasteiger partial charge < -0.3 is 5.32 Å². The van der Waals surface area contributed by atoms with Crippen LogP contribution in [0.15, 0.2) is 24.3 Å². The van der Waals surface area contributed by atoms with Crippen LogP contribution >= 0.6 is 0 Å². The van der Waals surface area contributed by atoms with Gasteiger partial charge in [0.05, 0.1) is 18.7 Å². The van der Waals surface area contributed by atoms with Crippen LogP contribution in [0.1, 0.15) is 48.7 Å². The maximum absolute atomic E-state index is 13.1. The highest BCUT2D eigenvalue weighted by Gasteiger charge is 2.57. The van der Waals surface area contributed by atoms with Crippen molar-refractivity contribution >= 4 is 5.91 Å². The Morgan fingerprint density at radius 3 is 2.79 bits per heavy atom. The summed E-state index contributed by atoms with van der Waals surface area (Å²) in [7, 11) is 0. The van der Waals surface area contributed by atoms with E-state index in [0.29, 0.717) is 22.5 Å². The molecule has 102 valence electrons. The van der Waals surface area contributed by atoms with Crippen LogP contribution in [0.25, 0.3) is 0 Å². The standard InChI is InChI=1S/C16H23N2O/c1-3-9-18-12(4-2)10-17-11-15(18)13-7-5-6-8-14(13)16(18)19/h5-8,12,15,17H,3-4,9-11H2,1-2H3/q+1. The number of hydrogen-bond donors (Lipinski definition) is 1. The number of hydrogen-bond acceptors (Lipinski definition) is 2. The first-order chi connectivity index (χ1) is 9.25. The molecular formula is C16H23N2O+. The van der Waals surface area contributed by atoms with Crippen LogP contribution in [-0.4, -0.2) is 36.1 Å². The molecule has 1 saturated heterocycles. The van der Waals surface area contributed by atoms with E-state index in [4.69, 9.17) is 0 Å². The van der Waals surface area contributed by atoms with Gasteiger partial charge in [-0.2, -0.15) is 0 Å². The fraction of sp³-hybridized carbons (Fsp3) is 0.562. The van der Waals surface area contributed by atoms with Gasteiger partial charge >= 0.3 is 5.91 Å². The van der Waals surface area contributed by atoms with Crippen molar-refractivity contribution in [2.45, 2.75) is 38.8 Å². The van der Waals surface area contributed by atoms with Crippen LogP contribution in [0, 0.1) is 0 Å². The van der Waals surface area contributed by atoms with Crippen molar-refractivity contribution in [2.24, 2.45) is 0 Å². The number of rotatable bonds is 3. The molecule has 19 heavy (non-hydrogen) atoms. The highest BCUT2D eigenvalue weighted by molar-refractivity contribution is 5.93. The van der Waals surface area contributed by atoms with E-state index >= 15 is 0 Å². The zero-order chi connectivity index (χ0) is 13.5. The molecule has 2 heterocycles. The average molecular weight is 259 g/mol. The SMILES string of the molecule is CCC[N+]12C(=O)c3ccccc3C1CNCC2CC. The molecule has 2 aliphatic rings. The van der Waals surface area contributed by atoms with E-state index < -0.39 is 0 Å². The molecule has 2 aliphatic heterocycles. The largest absolute Gasteiger partial charge is 0.347 e. The summed E-state index contributed by atoms with van der Waals surface area (Å²) >= 11 is 0. The fourth-order valence-corrected chi connectivity index (χ4v) is 4.12. The summed E-state index contributed by atoms with van der Waals surface area (Å²) in [6.45, 7) is 7.26. The van der Waals surface area contributed by atoms with Crippen LogP contribution in [0.4, 0.5) is 0 Å². The molecule has 1 N–H and O–H groups in total. The minimum atomic E-state index is 0.322. The average Bonchev–Trinajstić information content (AvgIpc) is 2.70. The Morgan fingerprint density at radius 2 is 2.05 bits per heavy atom. The molecule has 0 saturated carbocycles. The molecular weight excluding hydrogens is 236 g/mol. The Hall–Kier alpha value is -1.19. The summed E-state index contributed by atoms with van der Waals surface area (Å²) in [5.41, 5.74) is 2.22.